The Balaban J connectivity index is 1.95. The Morgan fingerprint density at radius 1 is 1.12 bits per heavy atom. The number of nitrogens with zero attached hydrogens (tertiary/aromatic N) is 1. The van der Waals surface area contributed by atoms with Crippen LogP contribution in [-0.2, 0) is 20.4 Å². The number of rotatable bonds is 5. The van der Waals surface area contributed by atoms with Crippen molar-refractivity contribution in [3.8, 4) is 0 Å². The molecule has 1 aliphatic heterocycles. The van der Waals surface area contributed by atoms with Crippen LogP contribution in [0.2, 0.25) is 5.02 Å². The van der Waals surface area contributed by atoms with Gasteiger partial charge in [-0.15, -0.1) is 0 Å². The molecule has 178 valence electrons. The second kappa shape index (κ2) is 8.93. The average molecular weight is 491 g/mol. The summed E-state index contributed by atoms with van der Waals surface area (Å²) in [6.07, 6.45) is 4.33. The van der Waals surface area contributed by atoms with Crippen LogP contribution in [0.15, 0.2) is 47.4 Å². The number of amides is 1. The van der Waals surface area contributed by atoms with Gasteiger partial charge in [-0.05, 0) is 69.9 Å². The Kier molecular flexibility index (Phi) is 6.51. The standard InChI is InChI=1S/C25H31ClN2O4S/c1-16(2)27-24(29)23-25(30,18-7-5-4-6-8-18)21-15-19(26)11-14-22(21)28(23)33(31,32)20-12-9-17(3)10-13-20/h9-16,18,23,30H,4-8H2,1-3H3,(H,27,29). The smallest absolute Gasteiger partial charge is 0.265 e. The number of hydrogen-bond acceptors (Lipinski definition) is 4. The lowest BCUT2D eigenvalue weighted by atomic mass is 9.71. The first-order valence-corrected chi connectivity index (χ1v) is 13.3. The zero-order valence-electron chi connectivity index (χ0n) is 19.2. The Hall–Kier alpha value is -2.09. The first kappa shape index (κ1) is 24.0. The van der Waals surface area contributed by atoms with Gasteiger partial charge in [0, 0.05) is 16.6 Å². The van der Waals surface area contributed by atoms with Gasteiger partial charge in [-0.25, -0.2) is 8.42 Å². The highest BCUT2D eigenvalue weighted by molar-refractivity contribution is 7.93. The van der Waals surface area contributed by atoms with Crippen LogP contribution >= 0.6 is 11.6 Å². The first-order chi connectivity index (χ1) is 15.6. The summed E-state index contributed by atoms with van der Waals surface area (Å²) in [7, 11) is -4.15. The minimum absolute atomic E-state index is 0.0734. The summed E-state index contributed by atoms with van der Waals surface area (Å²) in [6.45, 7) is 5.51. The molecule has 2 unspecified atom stereocenters. The monoisotopic (exact) mass is 490 g/mol. The van der Waals surface area contributed by atoms with Crippen LogP contribution in [-0.4, -0.2) is 31.5 Å². The molecule has 33 heavy (non-hydrogen) atoms. The van der Waals surface area contributed by atoms with Crippen molar-refractivity contribution < 1.29 is 18.3 Å². The number of anilines is 1. The molecule has 0 spiro atoms. The number of aliphatic hydroxyl groups is 1. The van der Waals surface area contributed by atoms with E-state index in [4.69, 9.17) is 11.6 Å². The molecule has 2 N–H and O–H groups in total. The molecule has 2 aliphatic rings. The molecule has 0 radical (unpaired) electrons. The van der Waals surface area contributed by atoms with Crippen molar-refractivity contribution in [2.24, 2.45) is 5.92 Å². The maximum atomic E-state index is 14.0. The largest absolute Gasteiger partial charge is 0.382 e. The van der Waals surface area contributed by atoms with Crippen LogP contribution in [0.1, 0.15) is 57.1 Å². The molecule has 2 aromatic rings. The van der Waals surface area contributed by atoms with Gasteiger partial charge in [-0.1, -0.05) is 48.6 Å². The molecule has 6 nitrogen and oxygen atoms in total. The Morgan fingerprint density at radius 3 is 2.36 bits per heavy atom. The van der Waals surface area contributed by atoms with Gasteiger partial charge < -0.3 is 10.4 Å². The van der Waals surface area contributed by atoms with Gasteiger partial charge in [0.05, 0.1) is 10.6 Å². The van der Waals surface area contributed by atoms with Crippen molar-refractivity contribution in [1.82, 2.24) is 5.32 Å². The molecule has 1 heterocycles. The first-order valence-electron chi connectivity index (χ1n) is 11.5. The zero-order valence-corrected chi connectivity index (χ0v) is 20.8. The predicted octanol–water partition coefficient (Wildman–Crippen LogP) is 4.52. The highest BCUT2D eigenvalue weighted by Gasteiger charge is 2.60. The fourth-order valence-electron chi connectivity index (χ4n) is 5.23. The van der Waals surface area contributed by atoms with Gasteiger partial charge in [-0.3, -0.25) is 9.10 Å². The Labute approximate surface area is 201 Å². The molecule has 1 aliphatic carbocycles. The van der Waals surface area contributed by atoms with E-state index >= 15 is 0 Å². The molecule has 4 rings (SSSR count). The third kappa shape index (κ3) is 4.15. The molecule has 0 bridgehead atoms. The van der Waals surface area contributed by atoms with Gasteiger partial charge in [-0.2, -0.15) is 0 Å². The van der Waals surface area contributed by atoms with Crippen LogP contribution in [0.4, 0.5) is 5.69 Å². The minimum Gasteiger partial charge on any atom is -0.382 e. The van der Waals surface area contributed by atoms with Crippen LogP contribution in [0.25, 0.3) is 0 Å². The molecule has 2 aromatic carbocycles. The molecular weight excluding hydrogens is 460 g/mol. The average Bonchev–Trinajstić information content (AvgIpc) is 3.04. The number of carbonyl (C=O) groups excluding carboxylic acids is 1. The second-order valence-electron chi connectivity index (χ2n) is 9.50. The van der Waals surface area contributed by atoms with Gasteiger partial charge in [0.15, 0.2) is 6.04 Å². The molecule has 8 heteroatoms. The topological polar surface area (TPSA) is 86.7 Å². The third-order valence-electron chi connectivity index (χ3n) is 6.76. The summed E-state index contributed by atoms with van der Waals surface area (Å²) in [5, 5.41) is 15.6. The predicted molar refractivity (Wildman–Crippen MR) is 130 cm³/mol. The summed E-state index contributed by atoms with van der Waals surface area (Å²) in [6, 6.07) is 9.79. The number of benzene rings is 2. The van der Waals surface area contributed by atoms with E-state index in [0.29, 0.717) is 29.1 Å². The van der Waals surface area contributed by atoms with Crippen LogP contribution in [0, 0.1) is 12.8 Å². The number of aryl methyl sites for hydroxylation is 1. The van der Waals surface area contributed by atoms with Gasteiger partial charge in [0.1, 0.15) is 5.60 Å². The molecular formula is C25H31ClN2O4S. The highest BCUT2D eigenvalue weighted by atomic mass is 35.5. The zero-order chi connectivity index (χ0) is 24.0. The summed E-state index contributed by atoms with van der Waals surface area (Å²) >= 11 is 6.32. The number of hydrogen-bond donors (Lipinski definition) is 2. The minimum atomic E-state index is -4.15. The number of sulfonamides is 1. The van der Waals surface area contributed by atoms with Crippen molar-refractivity contribution in [3.63, 3.8) is 0 Å². The number of nitrogens with one attached hydrogen (secondary N) is 1. The lowest BCUT2D eigenvalue weighted by molar-refractivity contribution is -0.133. The van der Waals surface area contributed by atoms with E-state index in [-0.39, 0.29) is 16.9 Å². The van der Waals surface area contributed by atoms with Crippen molar-refractivity contribution in [1.29, 1.82) is 0 Å². The van der Waals surface area contributed by atoms with E-state index in [9.17, 15) is 18.3 Å². The van der Waals surface area contributed by atoms with E-state index < -0.39 is 27.6 Å². The SMILES string of the molecule is Cc1ccc(S(=O)(=O)N2c3ccc(Cl)cc3C(O)(C3CCCCC3)C2C(=O)NC(C)C)cc1. The lowest BCUT2D eigenvalue weighted by Gasteiger charge is -2.41. The van der Waals surface area contributed by atoms with Gasteiger partial charge in [0.2, 0.25) is 5.91 Å². The number of fused-ring (bicyclic) bond motifs is 1. The maximum absolute atomic E-state index is 14.0. The van der Waals surface area contributed by atoms with E-state index in [0.717, 1.165) is 29.1 Å². The Morgan fingerprint density at radius 2 is 1.76 bits per heavy atom. The molecule has 2 atom stereocenters. The molecule has 0 aromatic heterocycles. The Bertz CT molecular complexity index is 1140. The molecule has 1 amide bonds. The molecule has 0 saturated heterocycles. The summed E-state index contributed by atoms with van der Waals surface area (Å²) < 4.78 is 29.1. The van der Waals surface area contributed by atoms with Crippen molar-refractivity contribution in [2.75, 3.05) is 4.31 Å². The van der Waals surface area contributed by atoms with Gasteiger partial charge in [0.25, 0.3) is 10.0 Å². The highest BCUT2D eigenvalue weighted by Crippen LogP contribution is 2.54. The van der Waals surface area contributed by atoms with Crippen LogP contribution in [0.5, 0.6) is 0 Å². The summed E-state index contributed by atoms with van der Waals surface area (Å²) in [5.74, 6) is -0.773. The van der Waals surface area contributed by atoms with Crippen molar-refractivity contribution in [3.05, 3.63) is 58.6 Å². The van der Waals surface area contributed by atoms with E-state index in [1.807, 2.05) is 20.8 Å². The normalized spacial score (nSPS) is 23.6. The van der Waals surface area contributed by atoms with Crippen molar-refractivity contribution >= 4 is 33.2 Å². The number of carbonyl (C=O) groups is 1. The van der Waals surface area contributed by atoms with Crippen LogP contribution < -0.4 is 9.62 Å². The van der Waals surface area contributed by atoms with Gasteiger partial charge >= 0.3 is 0 Å². The summed E-state index contributed by atoms with van der Waals surface area (Å²) in [4.78, 5) is 13.7. The molecule has 1 saturated carbocycles. The number of halogens is 1. The fourth-order valence-corrected chi connectivity index (χ4v) is 7.07. The fraction of sp³-hybridized carbons (Fsp3) is 0.480. The van der Waals surface area contributed by atoms with E-state index in [1.54, 1.807) is 30.3 Å². The third-order valence-corrected chi connectivity index (χ3v) is 8.79. The maximum Gasteiger partial charge on any atom is 0.265 e. The van der Waals surface area contributed by atoms with E-state index in [1.165, 1.54) is 12.1 Å². The quantitative estimate of drug-likeness (QED) is 0.645. The second-order valence-corrected chi connectivity index (χ2v) is 11.8. The lowest BCUT2D eigenvalue weighted by Crippen LogP contribution is -2.59. The summed E-state index contributed by atoms with van der Waals surface area (Å²) in [5.41, 5.74) is -0.0500. The molecule has 1 fully saturated rings. The van der Waals surface area contributed by atoms with Crippen molar-refractivity contribution in [2.45, 2.75) is 75.5 Å². The van der Waals surface area contributed by atoms with E-state index in [2.05, 4.69) is 5.32 Å². The van der Waals surface area contributed by atoms with Crippen LogP contribution in [0.3, 0.4) is 0 Å².